The Kier molecular flexibility index (Phi) is 3.38. The van der Waals surface area contributed by atoms with Crippen molar-refractivity contribution < 1.29 is 0 Å². The van der Waals surface area contributed by atoms with E-state index in [2.05, 4.69) is 61.1 Å². The van der Waals surface area contributed by atoms with Gasteiger partial charge in [-0.2, -0.15) is 0 Å². The summed E-state index contributed by atoms with van der Waals surface area (Å²) in [7, 11) is 0. The van der Waals surface area contributed by atoms with Gasteiger partial charge < -0.3 is 5.32 Å². The standard InChI is InChI=1S/C17H27N3/c1-13-6-5-7-15(19-13)10-20-12-17(4,14-8-9-14)18-11-16(20,2)3/h5-7,14,18H,8-12H2,1-4H3. The van der Waals surface area contributed by atoms with E-state index in [-0.39, 0.29) is 5.54 Å². The lowest BCUT2D eigenvalue weighted by Gasteiger charge is -2.51. The summed E-state index contributed by atoms with van der Waals surface area (Å²) in [4.78, 5) is 7.29. The molecule has 20 heavy (non-hydrogen) atoms. The number of hydrogen-bond acceptors (Lipinski definition) is 3. The number of pyridine rings is 1. The largest absolute Gasteiger partial charge is 0.308 e. The van der Waals surface area contributed by atoms with Crippen molar-refractivity contribution in [3.63, 3.8) is 0 Å². The highest BCUT2D eigenvalue weighted by atomic mass is 15.3. The second-order valence-electron chi connectivity index (χ2n) is 7.48. The lowest BCUT2D eigenvalue weighted by atomic mass is 9.86. The summed E-state index contributed by atoms with van der Waals surface area (Å²) < 4.78 is 0. The van der Waals surface area contributed by atoms with Crippen molar-refractivity contribution >= 4 is 0 Å². The molecule has 1 aromatic heterocycles. The Bertz CT molecular complexity index is 493. The minimum absolute atomic E-state index is 0.194. The number of piperazine rings is 1. The van der Waals surface area contributed by atoms with Crippen LogP contribution in [0.25, 0.3) is 0 Å². The second-order valence-corrected chi connectivity index (χ2v) is 7.48. The Morgan fingerprint density at radius 2 is 2.05 bits per heavy atom. The molecule has 1 unspecified atom stereocenters. The van der Waals surface area contributed by atoms with Gasteiger partial charge in [0.05, 0.1) is 5.69 Å². The Labute approximate surface area is 122 Å². The van der Waals surface area contributed by atoms with Crippen molar-refractivity contribution in [2.45, 2.75) is 58.2 Å². The van der Waals surface area contributed by atoms with Crippen LogP contribution in [0.2, 0.25) is 0 Å². The highest BCUT2D eigenvalue weighted by Crippen LogP contribution is 2.42. The van der Waals surface area contributed by atoms with Crippen molar-refractivity contribution in [3.05, 3.63) is 29.6 Å². The number of nitrogens with one attached hydrogen (secondary N) is 1. The summed E-state index contributed by atoms with van der Waals surface area (Å²) in [5.74, 6) is 0.867. The van der Waals surface area contributed by atoms with Crippen molar-refractivity contribution in [1.29, 1.82) is 0 Å². The smallest absolute Gasteiger partial charge is 0.0547 e. The molecule has 2 aliphatic rings. The van der Waals surface area contributed by atoms with Crippen molar-refractivity contribution in [2.24, 2.45) is 5.92 Å². The molecule has 2 fully saturated rings. The molecule has 1 atom stereocenters. The summed E-state index contributed by atoms with van der Waals surface area (Å²) in [6, 6.07) is 6.34. The highest BCUT2D eigenvalue weighted by molar-refractivity contribution is 5.12. The molecule has 0 bridgehead atoms. The molecule has 0 radical (unpaired) electrons. The van der Waals surface area contributed by atoms with Crippen LogP contribution in [0.15, 0.2) is 18.2 Å². The van der Waals surface area contributed by atoms with Gasteiger partial charge in [-0.3, -0.25) is 9.88 Å². The van der Waals surface area contributed by atoms with E-state index in [0.717, 1.165) is 31.2 Å². The van der Waals surface area contributed by atoms with Gasteiger partial charge in [-0.1, -0.05) is 6.07 Å². The summed E-state index contributed by atoms with van der Waals surface area (Å²) in [5.41, 5.74) is 2.79. The third-order valence-electron chi connectivity index (χ3n) is 5.08. The van der Waals surface area contributed by atoms with Crippen LogP contribution in [0.4, 0.5) is 0 Å². The van der Waals surface area contributed by atoms with Gasteiger partial charge in [-0.25, -0.2) is 0 Å². The van der Waals surface area contributed by atoms with Gasteiger partial charge in [-0.15, -0.1) is 0 Å². The fourth-order valence-corrected chi connectivity index (χ4v) is 3.34. The van der Waals surface area contributed by atoms with Crippen LogP contribution in [-0.2, 0) is 6.54 Å². The Morgan fingerprint density at radius 1 is 1.30 bits per heavy atom. The molecule has 3 rings (SSSR count). The summed E-state index contributed by atoms with van der Waals surface area (Å²) in [6.07, 6.45) is 2.78. The number of aromatic nitrogens is 1. The third-order valence-corrected chi connectivity index (χ3v) is 5.08. The van der Waals surface area contributed by atoms with E-state index < -0.39 is 0 Å². The van der Waals surface area contributed by atoms with Gasteiger partial charge >= 0.3 is 0 Å². The maximum absolute atomic E-state index is 4.68. The molecule has 1 N–H and O–H groups in total. The Balaban J connectivity index is 1.77. The maximum Gasteiger partial charge on any atom is 0.0547 e. The minimum Gasteiger partial charge on any atom is -0.308 e. The molecule has 1 aliphatic heterocycles. The van der Waals surface area contributed by atoms with Crippen molar-refractivity contribution in [3.8, 4) is 0 Å². The van der Waals surface area contributed by atoms with Crippen LogP contribution in [0.5, 0.6) is 0 Å². The third kappa shape index (κ3) is 2.75. The minimum atomic E-state index is 0.194. The van der Waals surface area contributed by atoms with Gasteiger partial charge in [0, 0.05) is 36.4 Å². The van der Waals surface area contributed by atoms with Crippen LogP contribution in [-0.4, -0.2) is 34.1 Å². The summed E-state index contributed by atoms with van der Waals surface area (Å²) in [6.45, 7) is 12.3. The summed E-state index contributed by atoms with van der Waals surface area (Å²) >= 11 is 0. The van der Waals surface area contributed by atoms with Gasteiger partial charge in [0.1, 0.15) is 0 Å². The van der Waals surface area contributed by atoms with Crippen LogP contribution in [0.1, 0.15) is 45.0 Å². The first kappa shape index (κ1) is 14.0. The fraction of sp³-hybridized carbons (Fsp3) is 0.706. The highest BCUT2D eigenvalue weighted by Gasteiger charge is 2.48. The SMILES string of the molecule is Cc1cccc(CN2CC(C)(C3CC3)NCC2(C)C)n1. The topological polar surface area (TPSA) is 28.2 Å². The molecule has 1 saturated carbocycles. The number of nitrogens with zero attached hydrogens (tertiary/aromatic N) is 2. The van der Waals surface area contributed by atoms with Crippen LogP contribution >= 0.6 is 0 Å². The van der Waals surface area contributed by atoms with E-state index in [0.29, 0.717) is 5.54 Å². The summed E-state index contributed by atoms with van der Waals surface area (Å²) in [5, 5.41) is 3.81. The zero-order chi connectivity index (χ0) is 14.4. The molecular formula is C17H27N3. The fourth-order valence-electron chi connectivity index (χ4n) is 3.34. The van der Waals surface area contributed by atoms with E-state index in [1.54, 1.807) is 0 Å². The van der Waals surface area contributed by atoms with E-state index in [1.807, 2.05) is 0 Å². The van der Waals surface area contributed by atoms with Gasteiger partial charge in [0.15, 0.2) is 0 Å². The molecule has 3 heteroatoms. The predicted molar refractivity (Wildman–Crippen MR) is 82.6 cm³/mol. The lowest BCUT2D eigenvalue weighted by Crippen LogP contribution is -2.67. The molecular weight excluding hydrogens is 246 g/mol. The molecule has 0 aromatic carbocycles. The Morgan fingerprint density at radius 3 is 2.70 bits per heavy atom. The number of aryl methyl sites for hydroxylation is 1. The molecule has 110 valence electrons. The molecule has 1 saturated heterocycles. The lowest BCUT2D eigenvalue weighted by molar-refractivity contribution is 0.0169. The quantitative estimate of drug-likeness (QED) is 0.918. The zero-order valence-corrected chi connectivity index (χ0v) is 13.2. The van der Waals surface area contributed by atoms with Gasteiger partial charge in [0.25, 0.3) is 0 Å². The first-order valence-electron chi connectivity index (χ1n) is 7.82. The van der Waals surface area contributed by atoms with E-state index in [9.17, 15) is 0 Å². The van der Waals surface area contributed by atoms with Crippen molar-refractivity contribution in [2.75, 3.05) is 13.1 Å². The predicted octanol–water partition coefficient (Wildman–Crippen LogP) is 2.74. The van der Waals surface area contributed by atoms with Gasteiger partial charge in [-0.05, 0) is 58.6 Å². The Hall–Kier alpha value is -0.930. The van der Waals surface area contributed by atoms with Crippen LogP contribution < -0.4 is 5.32 Å². The molecule has 1 aromatic rings. The zero-order valence-electron chi connectivity index (χ0n) is 13.2. The molecule has 3 nitrogen and oxygen atoms in total. The molecule has 2 heterocycles. The van der Waals surface area contributed by atoms with E-state index >= 15 is 0 Å². The average molecular weight is 273 g/mol. The second kappa shape index (κ2) is 4.81. The maximum atomic E-state index is 4.68. The number of rotatable bonds is 3. The van der Waals surface area contributed by atoms with Gasteiger partial charge in [0.2, 0.25) is 0 Å². The van der Waals surface area contributed by atoms with E-state index in [4.69, 9.17) is 0 Å². The molecule has 0 spiro atoms. The van der Waals surface area contributed by atoms with Crippen LogP contribution in [0.3, 0.4) is 0 Å². The normalized spacial score (nSPS) is 30.4. The molecule has 1 aliphatic carbocycles. The monoisotopic (exact) mass is 273 g/mol. The van der Waals surface area contributed by atoms with E-state index in [1.165, 1.54) is 18.5 Å². The number of hydrogen-bond donors (Lipinski definition) is 1. The first-order valence-corrected chi connectivity index (χ1v) is 7.82. The average Bonchev–Trinajstić information content (AvgIpc) is 3.19. The first-order chi connectivity index (χ1) is 9.39. The van der Waals surface area contributed by atoms with Crippen molar-refractivity contribution in [1.82, 2.24) is 15.2 Å². The van der Waals surface area contributed by atoms with Crippen LogP contribution in [0, 0.1) is 12.8 Å². The molecule has 0 amide bonds.